The van der Waals surface area contributed by atoms with Crippen LogP contribution in [0.3, 0.4) is 0 Å². The van der Waals surface area contributed by atoms with Crippen LogP contribution in [0.4, 0.5) is 0 Å². The summed E-state index contributed by atoms with van der Waals surface area (Å²) in [7, 11) is 1.81. The molecule has 0 radical (unpaired) electrons. The number of aromatic nitrogens is 1. The lowest BCUT2D eigenvalue weighted by Crippen LogP contribution is -2.49. The van der Waals surface area contributed by atoms with E-state index in [1.165, 1.54) is 0 Å². The maximum Gasteiger partial charge on any atom is 0.259 e. The molecule has 0 saturated carbocycles. The molecule has 7 nitrogen and oxygen atoms in total. The first kappa shape index (κ1) is 25.8. The molecule has 4 rings (SSSR count). The van der Waals surface area contributed by atoms with E-state index in [0.717, 1.165) is 5.56 Å². The van der Waals surface area contributed by atoms with Crippen molar-refractivity contribution in [3.05, 3.63) is 82.2 Å². The molecule has 2 heterocycles. The summed E-state index contributed by atoms with van der Waals surface area (Å²) in [5.74, 6) is 0.891. The fourth-order valence-corrected chi connectivity index (χ4v) is 4.86. The lowest BCUT2D eigenvalue weighted by molar-refractivity contribution is -0.133. The summed E-state index contributed by atoms with van der Waals surface area (Å²) in [5.41, 5.74) is 2.25. The standard InChI is InChI=1S/C28H32ClN3O4/c1-4-24-27(19(2)36-30-24)28(34)32-14-13-25(35-23-12-8-11-22(29)16-23)21(18-32)15-26(33)31(3)17-20-9-6-5-7-10-20/h5-12,16,21,25H,4,13-15,17-18H2,1-3H3/t21-,25-/m0/s1. The lowest BCUT2D eigenvalue weighted by atomic mass is 9.90. The zero-order valence-corrected chi connectivity index (χ0v) is 21.7. The average molecular weight is 510 g/mol. The van der Waals surface area contributed by atoms with Gasteiger partial charge < -0.3 is 19.1 Å². The molecule has 1 aliphatic heterocycles. The van der Waals surface area contributed by atoms with Gasteiger partial charge in [0, 0.05) is 50.5 Å². The Bertz CT molecular complexity index is 1200. The van der Waals surface area contributed by atoms with Crippen molar-refractivity contribution in [1.29, 1.82) is 0 Å². The van der Waals surface area contributed by atoms with Crippen molar-refractivity contribution in [2.45, 2.75) is 45.8 Å². The van der Waals surface area contributed by atoms with Gasteiger partial charge in [-0.3, -0.25) is 9.59 Å². The summed E-state index contributed by atoms with van der Waals surface area (Å²) in [6.07, 6.45) is 1.25. The Balaban J connectivity index is 1.51. The van der Waals surface area contributed by atoms with Crippen molar-refractivity contribution in [1.82, 2.24) is 15.0 Å². The van der Waals surface area contributed by atoms with E-state index in [1.807, 2.05) is 56.4 Å². The number of nitrogens with zero attached hydrogens (tertiary/aromatic N) is 3. The third-order valence-electron chi connectivity index (χ3n) is 6.64. The van der Waals surface area contributed by atoms with E-state index in [1.54, 1.807) is 28.9 Å². The molecule has 0 aliphatic carbocycles. The summed E-state index contributed by atoms with van der Waals surface area (Å²) in [6.45, 7) is 5.15. The van der Waals surface area contributed by atoms with Crippen LogP contribution in [0.1, 0.15) is 47.1 Å². The topological polar surface area (TPSA) is 75.9 Å². The zero-order chi connectivity index (χ0) is 25.7. The summed E-state index contributed by atoms with van der Waals surface area (Å²) >= 11 is 6.16. The Kier molecular flexibility index (Phi) is 8.31. The molecule has 1 fully saturated rings. The maximum absolute atomic E-state index is 13.4. The molecular formula is C28H32ClN3O4. The normalized spacial score (nSPS) is 17.6. The van der Waals surface area contributed by atoms with Crippen LogP contribution >= 0.6 is 11.6 Å². The van der Waals surface area contributed by atoms with Crippen molar-refractivity contribution in [3.63, 3.8) is 0 Å². The zero-order valence-electron chi connectivity index (χ0n) is 20.9. The van der Waals surface area contributed by atoms with Crippen LogP contribution in [-0.2, 0) is 17.8 Å². The van der Waals surface area contributed by atoms with Crippen LogP contribution in [0.5, 0.6) is 5.75 Å². The van der Waals surface area contributed by atoms with E-state index in [0.29, 0.717) is 60.3 Å². The van der Waals surface area contributed by atoms with E-state index in [2.05, 4.69) is 5.16 Å². The third kappa shape index (κ3) is 6.08. The molecule has 2 atom stereocenters. The van der Waals surface area contributed by atoms with Crippen LogP contribution in [0.25, 0.3) is 0 Å². The van der Waals surface area contributed by atoms with Gasteiger partial charge in [-0.25, -0.2) is 0 Å². The van der Waals surface area contributed by atoms with Gasteiger partial charge in [0.2, 0.25) is 5.91 Å². The van der Waals surface area contributed by atoms with Gasteiger partial charge in [0.1, 0.15) is 23.2 Å². The molecule has 3 aromatic rings. The number of piperidine rings is 1. The van der Waals surface area contributed by atoms with Gasteiger partial charge in [0.25, 0.3) is 5.91 Å². The molecule has 190 valence electrons. The van der Waals surface area contributed by atoms with E-state index in [9.17, 15) is 9.59 Å². The molecule has 0 N–H and O–H groups in total. The van der Waals surface area contributed by atoms with Crippen molar-refractivity contribution >= 4 is 23.4 Å². The minimum Gasteiger partial charge on any atom is -0.490 e. The second-order valence-electron chi connectivity index (χ2n) is 9.27. The van der Waals surface area contributed by atoms with E-state index in [-0.39, 0.29) is 30.3 Å². The van der Waals surface area contributed by atoms with Crippen molar-refractivity contribution in [2.24, 2.45) is 5.92 Å². The summed E-state index contributed by atoms with van der Waals surface area (Å²) in [5, 5.41) is 4.63. The predicted octanol–water partition coefficient (Wildman–Crippen LogP) is 5.16. The van der Waals surface area contributed by atoms with Crippen molar-refractivity contribution in [2.75, 3.05) is 20.1 Å². The molecule has 8 heteroatoms. The second kappa shape index (κ2) is 11.6. The first-order valence-corrected chi connectivity index (χ1v) is 12.7. The van der Waals surface area contributed by atoms with E-state index < -0.39 is 0 Å². The molecule has 2 amide bonds. The van der Waals surface area contributed by atoms with Crippen molar-refractivity contribution in [3.8, 4) is 5.75 Å². The van der Waals surface area contributed by atoms with Crippen LogP contribution in [0, 0.1) is 12.8 Å². The molecule has 2 aromatic carbocycles. The molecule has 36 heavy (non-hydrogen) atoms. The largest absolute Gasteiger partial charge is 0.490 e. The molecule has 0 unspecified atom stereocenters. The number of halogens is 1. The van der Waals surface area contributed by atoms with Gasteiger partial charge in [-0.1, -0.05) is 60.1 Å². The second-order valence-corrected chi connectivity index (χ2v) is 9.70. The van der Waals surface area contributed by atoms with Gasteiger partial charge in [0.15, 0.2) is 0 Å². The maximum atomic E-state index is 13.4. The predicted molar refractivity (Wildman–Crippen MR) is 138 cm³/mol. The first-order chi connectivity index (χ1) is 17.4. The van der Waals surface area contributed by atoms with Crippen molar-refractivity contribution < 1.29 is 18.8 Å². The highest BCUT2D eigenvalue weighted by atomic mass is 35.5. The Labute approximate surface area is 217 Å². The number of hydrogen-bond donors (Lipinski definition) is 0. The highest BCUT2D eigenvalue weighted by Gasteiger charge is 2.36. The van der Waals surface area contributed by atoms with Gasteiger partial charge in [-0.05, 0) is 37.1 Å². The van der Waals surface area contributed by atoms with Gasteiger partial charge in [-0.2, -0.15) is 0 Å². The smallest absolute Gasteiger partial charge is 0.259 e. The average Bonchev–Trinajstić information content (AvgIpc) is 3.25. The molecule has 1 aliphatic rings. The van der Waals surface area contributed by atoms with E-state index >= 15 is 0 Å². The Morgan fingerprint density at radius 1 is 1.19 bits per heavy atom. The number of carbonyl (C=O) groups excluding carboxylic acids is 2. The number of amides is 2. The highest BCUT2D eigenvalue weighted by molar-refractivity contribution is 6.30. The van der Waals surface area contributed by atoms with Gasteiger partial charge in [0.05, 0.1) is 5.69 Å². The quantitative estimate of drug-likeness (QED) is 0.419. The Morgan fingerprint density at radius 3 is 2.69 bits per heavy atom. The molecular weight excluding hydrogens is 478 g/mol. The fraction of sp³-hybridized carbons (Fsp3) is 0.393. The van der Waals surface area contributed by atoms with Crippen LogP contribution in [0.2, 0.25) is 5.02 Å². The SMILES string of the molecule is CCc1noc(C)c1C(=O)N1CC[C@H](Oc2cccc(Cl)c2)[C@@H](CC(=O)N(C)Cc2ccccc2)C1. The molecule has 1 saturated heterocycles. The number of hydrogen-bond acceptors (Lipinski definition) is 5. The molecule has 1 aromatic heterocycles. The minimum atomic E-state index is -0.226. The Hall–Kier alpha value is -3.32. The van der Waals surface area contributed by atoms with Gasteiger partial charge in [-0.15, -0.1) is 0 Å². The fourth-order valence-electron chi connectivity index (χ4n) is 4.68. The third-order valence-corrected chi connectivity index (χ3v) is 6.88. The molecule has 0 spiro atoms. The monoisotopic (exact) mass is 509 g/mol. The van der Waals surface area contributed by atoms with Crippen LogP contribution < -0.4 is 4.74 Å². The highest BCUT2D eigenvalue weighted by Crippen LogP contribution is 2.29. The first-order valence-electron chi connectivity index (χ1n) is 12.3. The number of rotatable bonds is 8. The number of carbonyl (C=O) groups is 2. The van der Waals surface area contributed by atoms with Gasteiger partial charge >= 0.3 is 0 Å². The number of ether oxygens (including phenoxy) is 1. The minimum absolute atomic E-state index is 0.00764. The van der Waals surface area contributed by atoms with E-state index in [4.69, 9.17) is 20.9 Å². The molecule has 0 bridgehead atoms. The summed E-state index contributed by atoms with van der Waals surface area (Å²) < 4.78 is 11.6. The Morgan fingerprint density at radius 2 is 1.97 bits per heavy atom. The van der Waals surface area contributed by atoms with Crippen LogP contribution in [0.15, 0.2) is 59.1 Å². The lowest BCUT2D eigenvalue weighted by Gasteiger charge is -2.39. The number of aryl methyl sites for hydroxylation is 2. The summed E-state index contributed by atoms with van der Waals surface area (Å²) in [6, 6.07) is 17.1. The van der Waals surface area contributed by atoms with Crippen LogP contribution in [-0.4, -0.2) is 53.0 Å². The summed E-state index contributed by atoms with van der Waals surface area (Å²) in [4.78, 5) is 30.2. The number of benzene rings is 2. The number of likely N-dealkylation sites (tertiary alicyclic amines) is 1.